The number of hydrogen-bond donors (Lipinski definition) is 1. The minimum absolute atomic E-state index is 0.0426. The second-order valence-corrected chi connectivity index (χ2v) is 7.26. The first kappa shape index (κ1) is 19.1. The van der Waals surface area contributed by atoms with Crippen LogP contribution < -0.4 is 5.32 Å². The molecule has 0 bridgehead atoms. The molecule has 8 heteroatoms. The predicted octanol–water partition coefficient (Wildman–Crippen LogP) is 3.54. The molecule has 1 aliphatic heterocycles. The molecule has 1 saturated heterocycles. The zero-order valence-corrected chi connectivity index (χ0v) is 14.6. The zero-order valence-electron chi connectivity index (χ0n) is 13.8. The van der Waals surface area contributed by atoms with Crippen LogP contribution in [-0.4, -0.2) is 47.0 Å². The molecule has 2 rings (SSSR count). The van der Waals surface area contributed by atoms with E-state index in [-0.39, 0.29) is 28.4 Å². The van der Waals surface area contributed by atoms with Crippen molar-refractivity contribution < 1.29 is 18.0 Å². The van der Waals surface area contributed by atoms with Crippen molar-refractivity contribution in [2.75, 3.05) is 19.6 Å². The molecule has 1 aromatic heterocycles. The van der Waals surface area contributed by atoms with Gasteiger partial charge in [-0.05, 0) is 44.4 Å². The van der Waals surface area contributed by atoms with Gasteiger partial charge in [0.2, 0.25) is 0 Å². The number of piperidine rings is 1. The fourth-order valence-electron chi connectivity index (χ4n) is 2.85. The Balaban J connectivity index is 1.95. The molecule has 0 aliphatic carbocycles. The number of halogens is 3. The summed E-state index contributed by atoms with van der Waals surface area (Å²) < 4.78 is 37.7. The molecule has 2 heterocycles. The lowest BCUT2D eigenvalue weighted by Crippen LogP contribution is -2.46. The van der Waals surface area contributed by atoms with Crippen LogP contribution in [0.3, 0.4) is 0 Å². The van der Waals surface area contributed by atoms with E-state index in [9.17, 15) is 18.0 Å². The van der Waals surface area contributed by atoms with Crippen molar-refractivity contribution in [2.45, 2.75) is 43.3 Å². The van der Waals surface area contributed by atoms with E-state index in [1.807, 2.05) is 6.92 Å². The van der Waals surface area contributed by atoms with Crippen molar-refractivity contribution in [2.24, 2.45) is 5.92 Å². The standard InChI is InChI=1S/C16H22F3N3OS/c1-11-5-4-8-22(10-11)12(2)9-21-14(23)13-6-3-7-20-15(13)24-16(17,18)19/h3,6-7,11-12H,4-5,8-10H2,1-2H3,(H,21,23). The lowest BCUT2D eigenvalue weighted by atomic mass is 9.99. The molecule has 1 fully saturated rings. The van der Waals surface area contributed by atoms with Gasteiger partial charge in [0.1, 0.15) is 5.03 Å². The summed E-state index contributed by atoms with van der Waals surface area (Å²) in [5.74, 6) is 0.108. The van der Waals surface area contributed by atoms with Crippen molar-refractivity contribution in [1.29, 1.82) is 0 Å². The Hall–Kier alpha value is -1.28. The summed E-state index contributed by atoms with van der Waals surface area (Å²) >= 11 is -0.364. The number of carbonyl (C=O) groups is 1. The number of aromatic nitrogens is 1. The van der Waals surface area contributed by atoms with Gasteiger partial charge in [0.05, 0.1) is 5.56 Å². The van der Waals surface area contributed by atoms with Gasteiger partial charge in [-0.15, -0.1) is 0 Å². The average molecular weight is 361 g/mol. The van der Waals surface area contributed by atoms with E-state index in [4.69, 9.17) is 0 Å². The Kier molecular flexibility index (Phi) is 6.51. The third-order valence-corrected chi connectivity index (χ3v) is 4.85. The number of alkyl halides is 3. The minimum atomic E-state index is -4.47. The highest BCUT2D eigenvalue weighted by Crippen LogP contribution is 2.37. The molecular formula is C16H22F3N3OS. The summed E-state index contributed by atoms with van der Waals surface area (Å²) in [6, 6.07) is 2.97. The monoisotopic (exact) mass is 361 g/mol. The van der Waals surface area contributed by atoms with Crippen LogP contribution in [0, 0.1) is 5.92 Å². The van der Waals surface area contributed by atoms with Crippen molar-refractivity contribution in [1.82, 2.24) is 15.2 Å². The Morgan fingerprint density at radius 3 is 2.96 bits per heavy atom. The van der Waals surface area contributed by atoms with E-state index in [2.05, 4.69) is 22.1 Å². The van der Waals surface area contributed by atoms with Gasteiger partial charge < -0.3 is 5.32 Å². The van der Waals surface area contributed by atoms with Crippen LogP contribution >= 0.6 is 11.8 Å². The molecule has 0 spiro atoms. The summed E-state index contributed by atoms with van der Waals surface area (Å²) in [6.45, 7) is 6.60. The van der Waals surface area contributed by atoms with Gasteiger partial charge >= 0.3 is 5.51 Å². The van der Waals surface area contributed by atoms with Gasteiger partial charge in [-0.3, -0.25) is 9.69 Å². The number of carbonyl (C=O) groups excluding carboxylic acids is 1. The summed E-state index contributed by atoms with van der Waals surface area (Å²) in [5.41, 5.74) is -4.51. The highest BCUT2D eigenvalue weighted by atomic mass is 32.2. The minimum Gasteiger partial charge on any atom is -0.350 e. The number of pyridine rings is 1. The predicted molar refractivity (Wildman–Crippen MR) is 87.9 cm³/mol. The number of nitrogens with one attached hydrogen (secondary N) is 1. The van der Waals surface area contributed by atoms with Gasteiger partial charge in [-0.25, -0.2) is 4.98 Å². The molecule has 2 atom stereocenters. The normalized spacial score (nSPS) is 20.6. The summed E-state index contributed by atoms with van der Waals surface area (Å²) in [4.78, 5) is 18.2. The Labute approximate surface area is 144 Å². The average Bonchev–Trinajstić information content (AvgIpc) is 2.51. The summed E-state index contributed by atoms with van der Waals surface area (Å²) in [5, 5.41) is 2.42. The topological polar surface area (TPSA) is 45.2 Å². The van der Waals surface area contributed by atoms with E-state index < -0.39 is 11.4 Å². The SMILES string of the molecule is CC1CCCN(C(C)CNC(=O)c2cccnc2SC(F)(F)F)C1. The van der Waals surface area contributed by atoms with Gasteiger partial charge in [0.15, 0.2) is 0 Å². The second-order valence-electron chi connectivity index (χ2n) is 6.21. The lowest BCUT2D eigenvalue weighted by molar-refractivity contribution is -0.0329. The van der Waals surface area contributed by atoms with Crippen molar-refractivity contribution in [3.63, 3.8) is 0 Å². The maximum absolute atomic E-state index is 12.6. The summed E-state index contributed by atoms with van der Waals surface area (Å²) in [7, 11) is 0. The van der Waals surface area contributed by atoms with Crippen molar-refractivity contribution in [3.8, 4) is 0 Å². The molecule has 0 radical (unpaired) electrons. The number of likely N-dealkylation sites (tertiary alicyclic amines) is 1. The Morgan fingerprint density at radius 2 is 2.29 bits per heavy atom. The first-order valence-corrected chi connectivity index (χ1v) is 8.81. The molecule has 1 N–H and O–H groups in total. The fraction of sp³-hybridized carbons (Fsp3) is 0.625. The Bertz CT molecular complexity index is 568. The van der Waals surface area contributed by atoms with Crippen LogP contribution in [0.25, 0.3) is 0 Å². The van der Waals surface area contributed by atoms with Crippen LogP contribution in [0.4, 0.5) is 13.2 Å². The third kappa shape index (κ3) is 5.66. The number of rotatable bonds is 5. The number of amides is 1. The van der Waals surface area contributed by atoms with E-state index in [0.717, 1.165) is 19.5 Å². The molecular weight excluding hydrogens is 339 g/mol. The molecule has 0 aromatic carbocycles. The van der Waals surface area contributed by atoms with E-state index in [1.165, 1.54) is 24.8 Å². The number of nitrogens with zero attached hydrogens (tertiary/aromatic N) is 2. The largest absolute Gasteiger partial charge is 0.447 e. The zero-order chi connectivity index (χ0) is 17.7. The molecule has 2 unspecified atom stereocenters. The molecule has 1 aromatic rings. The van der Waals surface area contributed by atoms with E-state index in [0.29, 0.717) is 12.5 Å². The highest BCUT2D eigenvalue weighted by Gasteiger charge is 2.32. The van der Waals surface area contributed by atoms with Crippen LogP contribution in [0.1, 0.15) is 37.0 Å². The van der Waals surface area contributed by atoms with Crippen LogP contribution in [0.5, 0.6) is 0 Å². The van der Waals surface area contributed by atoms with Gasteiger partial charge in [-0.1, -0.05) is 6.92 Å². The smallest absolute Gasteiger partial charge is 0.350 e. The fourth-order valence-corrected chi connectivity index (χ4v) is 3.45. The van der Waals surface area contributed by atoms with E-state index in [1.54, 1.807) is 0 Å². The third-order valence-electron chi connectivity index (χ3n) is 4.10. The highest BCUT2D eigenvalue weighted by molar-refractivity contribution is 8.00. The van der Waals surface area contributed by atoms with Crippen LogP contribution in [-0.2, 0) is 0 Å². The molecule has 0 saturated carbocycles. The van der Waals surface area contributed by atoms with Crippen LogP contribution in [0.2, 0.25) is 0 Å². The molecule has 24 heavy (non-hydrogen) atoms. The molecule has 134 valence electrons. The molecule has 4 nitrogen and oxygen atoms in total. The van der Waals surface area contributed by atoms with Crippen molar-refractivity contribution in [3.05, 3.63) is 23.9 Å². The van der Waals surface area contributed by atoms with Crippen molar-refractivity contribution >= 4 is 17.7 Å². The maximum atomic E-state index is 12.6. The number of thioether (sulfide) groups is 1. The maximum Gasteiger partial charge on any atom is 0.447 e. The Morgan fingerprint density at radius 1 is 1.54 bits per heavy atom. The lowest BCUT2D eigenvalue weighted by Gasteiger charge is -2.35. The first-order chi connectivity index (χ1) is 11.3. The first-order valence-electron chi connectivity index (χ1n) is 7.99. The molecule has 1 aliphatic rings. The quantitative estimate of drug-likeness (QED) is 0.815. The van der Waals surface area contributed by atoms with Gasteiger partial charge in [-0.2, -0.15) is 13.2 Å². The number of hydrogen-bond acceptors (Lipinski definition) is 4. The van der Waals surface area contributed by atoms with Crippen LogP contribution in [0.15, 0.2) is 23.4 Å². The van der Waals surface area contributed by atoms with Gasteiger partial charge in [0, 0.05) is 37.1 Å². The van der Waals surface area contributed by atoms with Gasteiger partial charge in [0.25, 0.3) is 5.91 Å². The summed E-state index contributed by atoms with van der Waals surface area (Å²) in [6.07, 6.45) is 3.60. The van der Waals surface area contributed by atoms with E-state index >= 15 is 0 Å². The molecule has 1 amide bonds. The second kappa shape index (κ2) is 8.20.